The molecule has 2 aromatic rings. The first kappa shape index (κ1) is 8.68. The van der Waals surface area contributed by atoms with Crippen molar-refractivity contribution < 1.29 is 13.6 Å². The molecule has 0 spiro atoms. The second kappa shape index (κ2) is 3.45. The maximum Gasteiger partial charge on any atom is 0.163 e. The first-order chi connectivity index (χ1) is 6.74. The van der Waals surface area contributed by atoms with Gasteiger partial charge in [-0.2, -0.15) is 0 Å². The molecule has 0 aliphatic heterocycles. The molecule has 0 unspecified atom stereocenters. The summed E-state index contributed by atoms with van der Waals surface area (Å²) in [6, 6.07) is 4.56. The number of nitrogens with zero attached hydrogens (tertiary/aromatic N) is 2. The summed E-state index contributed by atoms with van der Waals surface area (Å²) >= 11 is 0. The summed E-state index contributed by atoms with van der Waals surface area (Å²) in [6.07, 6.45) is 3.01. The first-order valence-electron chi connectivity index (χ1n) is 3.88. The molecule has 0 saturated carbocycles. The smallest absolute Gasteiger partial charge is 0.163 e. The lowest BCUT2D eigenvalue weighted by Gasteiger charge is -2.03. The Balaban J connectivity index is 2.25. The van der Waals surface area contributed by atoms with Gasteiger partial charge in [-0.1, -0.05) is 0 Å². The van der Waals surface area contributed by atoms with Gasteiger partial charge >= 0.3 is 0 Å². The Kier molecular flexibility index (Phi) is 2.14. The zero-order chi connectivity index (χ0) is 9.97. The Morgan fingerprint density at radius 3 is 2.43 bits per heavy atom. The second-order valence-corrected chi connectivity index (χ2v) is 2.61. The first-order valence-corrected chi connectivity index (χ1v) is 3.88. The zero-order valence-electron chi connectivity index (χ0n) is 7.02. The predicted molar refractivity (Wildman–Crippen MR) is 44.6 cm³/mol. The fourth-order valence-electron chi connectivity index (χ4n) is 0.998. The van der Waals surface area contributed by atoms with E-state index >= 15 is 0 Å². The van der Waals surface area contributed by atoms with Crippen molar-refractivity contribution in [2.45, 2.75) is 0 Å². The Morgan fingerprint density at radius 2 is 1.86 bits per heavy atom. The third-order valence-corrected chi connectivity index (χ3v) is 1.52. The monoisotopic (exact) mass is 196 g/mol. The Labute approximate surface area is 78.5 Å². The number of hydrogen-bond donors (Lipinski definition) is 0. The highest BCUT2D eigenvalue weighted by Crippen LogP contribution is 2.15. The molecule has 72 valence electrons. The summed E-state index contributed by atoms with van der Waals surface area (Å²) in [6.45, 7) is 0. The lowest BCUT2D eigenvalue weighted by Crippen LogP contribution is -2.05. The van der Waals surface area contributed by atoms with Gasteiger partial charge < -0.3 is 4.84 Å². The molecule has 1 aromatic heterocycles. The van der Waals surface area contributed by atoms with Crippen LogP contribution in [-0.4, -0.2) is 9.94 Å². The zero-order valence-corrected chi connectivity index (χ0v) is 7.02. The molecule has 14 heavy (non-hydrogen) atoms. The van der Waals surface area contributed by atoms with Gasteiger partial charge in [-0.05, 0) is 6.07 Å². The van der Waals surface area contributed by atoms with Crippen LogP contribution in [0.3, 0.4) is 0 Å². The molecule has 5 heteroatoms. The molecule has 0 aliphatic carbocycles. The lowest BCUT2D eigenvalue weighted by atomic mass is 10.3. The maximum atomic E-state index is 12.7. The fourth-order valence-corrected chi connectivity index (χ4v) is 0.998. The van der Waals surface area contributed by atoms with Crippen molar-refractivity contribution in [3.8, 4) is 5.75 Å². The predicted octanol–water partition coefficient (Wildman–Crippen LogP) is 2.00. The molecule has 0 atom stereocenters. The average Bonchev–Trinajstić information content (AvgIpc) is 2.54. The summed E-state index contributed by atoms with van der Waals surface area (Å²) in [5, 5.41) is 3.72. The van der Waals surface area contributed by atoms with E-state index in [4.69, 9.17) is 4.84 Å². The highest BCUT2D eigenvalue weighted by molar-refractivity contribution is 5.23. The topological polar surface area (TPSA) is 27.1 Å². The molecule has 0 aliphatic rings. The Morgan fingerprint density at radius 1 is 1.14 bits per heavy atom. The average molecular weight is 196 g/mol. The van der Waals surface area contributed by atoms with Gasteiger partial charge in [0, 0.05) is 18.2 Å². The van der Waals surface area contributed by atoms with Gasteiger partial charge in [-0.3, -0.25) is 0 Å². The minimum Gasteiger partial charge on any atom is -0.358 e. The van der Waals surface area contributed by atoms with Crippen LogP contribution < -0.4 is 4.84 Å². The van der Waals surface area contributed by atoms with Crippen molar-refractivity contribution >= 4 is 0 Å². The largest absolute Gasteiger partial charge is 0.358 e. The molecule has 0 amide bonds. The summed E-state index contributed by atoms with van der Waals surface area (Å²) in [5.74, 6) is -1.31. The number of halogens is 2. The standard InChI is InChI=1S/C9H6F2N2O/c10-7-4-8(11)6-9(5-7)14-13-3-1-2-12-13/h1-6H. The normalized spacial score (nSPS) is 10.1. The number of aromatic nitrogens is 2. The van der Waals surface area contributed by atoms with Gasteiger partial charge in [0.25, 0.3) is 0 Å². The summed E-state index contributed by atoms with van der Waals surface area (Å²) < 4.78 is 25.4. The van der Waals surface area contributed by atoms with Crippen LogP contribution in [0, 0.1) is 11.6 Å². The van der Waals surface area contributed by atoms with Crippen LogP contribution in [-0.2, 0) is 0 Å². The number of rotatable bonds is 2. The molecule has 0 radical (unpaired) electrons. The van der Waals surface area contributed by atoms with E-state index in [-0.39, 0.29) is 5.75 Å². The SMILES string of the molecule is Fc1cc(F)cc(On2cccn2)c1. The molecular formula is C9H6F2N2O. The molecule has 3 nitrogen and oxygen atoms in total. The number of hydrogen-bond acceptors (Lipinski definition) is 2. The summed E-state index contributed by atoms with van der Waals surface area (Å²) in [7, 11) is 0. The number of benzene rings is 1. The van der Waals surface area contributed by atoms with Crippen LogP contribution in [0.5, 0.6) is 5.75 Å². The minimum atomic E-state index is -0.688. The Hall–Kier alpha value is -1.91. The highest BCUT2D eigenvalue weighted by atomic mass is 19.1. The van der Waals surface area contributed by atoms with E-state index in [0.717, 1.165) is 23.0 Å². The van der Waals surface area contributed by atoms with Crippen LogP contribution in [0.1, 0.15) is 0 Å². The lowest BCUT2D eigenvalue weighted by molar-refractivity contribution is 0.177. The van der Waals surface area contributed by atoms with E-state index in [1.54, 1.807) is 6.07 Å². The Bertz CT molecular complexity index is 408. The molecule has 0 N–H and O–H groups in total. The highest BCUT2D eigenvalue weighted by Gasteiger charge is 2.02. The quantitative estimate of drug-likeness (QED) is 0.734. The maximum absolute atomic E-state index is 12.7. The van der Waals surface area contributed by atoms with Crippen LogP contribution in [0.4, 0.5) is 8.78 Å². The third kappa shape index (κ3) is 1.87. The van der Waals surface area contributed by atoms with Crippen molar-refractivity contribution in [1.29, 1.82) is 0 Å². The molecule has 0 fully saturated rings. The van der Waals surface area contributed by atoms with Gasteiger partial charge in [-0.25, -0.2) is 8.78 Å². The van der Waals surface area contributed by atoms with Gasteiger partial charge in [-0.15, -0.1) is 9.94 Å². The second-order valence-electron chi connectivity index (χ2n) is 2.61. The van der Waals surface area contributed by atoms with Crippen LogP contribution in [0.2, 0.25) is 0 Å². The van der Waals surface area contributed by atoms with Crippen molar-refractivity contribution in [3.05, 3.63) is 48.3 Å². The molecular weight excluding hydrogens is 190 g/mol. The van der Waals surface area contributed by atoms with Crippen molar-refractivity contribution in [3.63, 3.8) is 0 Å². The van der Waals surface area contributed by atoms with E-state index in [1.807, 2.05) is 0 Å². The molecule has 0 saturated heterocycles. The van der Waals surface area contributed by atoms with Crippen LogP contribution in [0.25, 0.3) is 0 Å². The fraction of sp³-hybridized carbons (Fsp3) is 0. The van der Waals surface area contributed by atoms with Crippen LogP contribution in [0.15, 0.2) is 36.7 Å². The minimum absolute atomic E-state index is 0.0613. The van der Waals surface area contributed by atoms with E-state index in [1.165, 1.54) is 12.4 Å². The third-order valence-electron chi connectivity index (χ3n) is 1.52. The van der Waals surface area contributed by atoms with Gasteiger partial charge in [0.1, 0.15) is 11.6 Å². The molecule has 2 rings (SSSR count). The van der Waals surface area contributed by atoms with Crippen molar-refractivity contribution in [2.24, 2.45) is 0 Å². The van der Waals surface area contributed by atoms with Crippen LogP contribution >= 0.6 is 0 Å². The van der Waals surface area contributed by atoms with Gasteiger partial charge in [0.2, 0.25) is 0 Å². The summed E-state index contributed by atoms with van der Waals surface area (Å²) in [5.41, 5.74) is 0. The van der Waals surface area contributed by atoms with Gasteiger partial charge in [0.05, 0.1) is 12.4 Å². The van der Waals surface area contributed by atoms with Crippen molar-refractivity contribution in [1.82, 2.24) is 9.94 Å². The molecule has 0 bridgehead atoms. The van der Waals surface area contributed by atoms with E-state index in [2.05, 4.69) is 5.10 Å². The van der Waals surface area contributed by atoms with E-state index in [9.17, 15) is 8.78 Å². The van der Waals surface area contributed by atoms with E-state index < -0.39 is 11.6 Å². The van der Waals surface area contributed by atoms with Gasteiger partial charge in [0.15, 0.2) is 5.75 Å². The van der Waals surface area contributed by atoms with E-state index in [0.29, 0.717) is 0 Å². The van der Waals surface area contributed by atoms with Crippen molar-refractivity contribution in [2.75, 3.05) is 0 Å². The summed E-state index contributed by atoms with van der Waals surface area (Å²) in [4.78, 5) is 6.11. The molecule has 1 heterocycles. The molecule has 1 aromatic carbocycles.